The first-order valence-corrected chi connectivity index (χ1v) is 11.4. The molecule has 182 valence electrons. The number of fused-ring (bicyclic) bond motifs is 3. The highest BCUT2D eigenvalue weighted by atomic mass is 19.4. The first-order chi connectivity index (χ1) is 16.2. The van der Waals surface area contributed by atoms with Gasteiger partial charge in [0.25, 0.3) is 5.56 Å². The summed E-state index contributed by atoms with van der Waals surface area (Å²) >= 11 is 0. The normalized spacial score (nSPS) is 24.4. The van der Waals surface area contributed by atoms with Gasteiger partial charge in [-0.1, -0.05) is 42.5 Å². The van der Waals surface area contributed by atoms with Crippen molar-refractivity contribution in [1.29, 1.82) is 0 Å². The van der Waals surface area contributed by atoms with Gasteiger partial charge in [0.15, 0.2) is 0 Å². The number of likely N-dealkylation sites (tertiary alicyclic amines) is 1. The number of aromatic nitrogens is 1. The molecule has 1 fully saturated rings. The second-order valence-corrected chi connectivity index (χ2v) is 8.84. The number of carbonyl (C=O) groups is 1. The lowest BCUT2D eigenvalue weighted by Crippen LogP contribution is -2.50. The minimum absolute atomic E-state index is 0.150. The zero-order valence-corrected chi connectivity index (χ0v) is 18.8. The maximum Gasteiger partial charge on any atom is 0.405 e. The fourth-order valence-corrected chi connectivity index (χ4v) is 5.38. The fourth-order valence-electron chi connectivity index (χ4n) is 5.38. The second-order valence-electron chi connectivity index (χ2n) is 8.84. The molecule has 4 atom stereocenters. The van der Waals surface area contributed by atoms with Gasteiger partial charge < -0.3 is 15.0 Å². The van der Waals surface area contributed by atoms with Crippen molar-refractivity contribution in [2.24, 2.45) is 11.8 Å². The van der Waals surface area contributed by atoms with Crippen molar-refractivity contribution in [1.82, 2.24) is 14.8 Å². The second kappa shape index (κ2) is 9.76. The Kier molecular flexibility index (Phi) is 6.95. The monoisotopic (exact) mass is 475 g/mol. The van der Waals surface area contributed by atoms with Gasteiger partial charge in [-0.25, -0.2) is 0 Å². The van der Waals surface area contributed by atoms with Gasteiger partial charge in [-0.3, -0.25) is 14.5 Å². The van der Waals surface area contributed by atoms with Crippen LogP contribution in [0.4, 0.5) is 13.2 Å². The van der Waals surface area contributed by atoms with Gasteiger partial charge in [0.05, 0.1) is 12.1 Å². The zero-order valence-electron chi connectivity index (χ0n) is 18.8. The number of hydrogen-bond acceptors (Lipinski definition) is 4. The molecule has 1 saturated heterocycles. The van der Waals surface area contributed by atoms with Crippen LogP contribution in [0.15, 0.2) is 53.3 Å². The Morgan fingerprint density at radius 2 is 1.94 bits per heavy atom. The van der Waals surface area contributed by atoms with E-state index in [0.717, 1.165) is 11.3 Å². The van der Waals surface area contributed by atoms with Crippen LogP contribution in [0, 0.1) is 11.8 Å². The molecule has 0 aliphatic carbocycles. The number of nitrogens with one attached hydrogen (secondary N) is 1. The van der Waals surface area contributed by atoms with Crippen molar-refractivity contribution >= 4 is 12.0 Å². The summed E-state index contributed by atoms with van der Waals surface area (Å²) < 4.78 is 40.1. The molecule has 1 aromatic carbocycles. The number of amides is 1. The Labute approximate surface area is 195 Å². The molecule has 6 nitrogen and oxygen atoms in total. The maximum atomic E-state index is 13.0. The van der Waals surface area contributed by atoms with Gasteiger partial charge in [-0.05, 0) is 31.0 Å². The molecule has 9 heteroatoms. The number of alkyl halides is 3. The number of allylic oxidation sites excluding steroid dienone is 1. The molecular weight excluding hydrogens is 447 g/mol. The van der Waals surface area contributed by atoms with Crippen molar-refractivity contribution < 1.29 is 23.1 Å². The summed E-state index contributed by atoms with van der Waals surface area (Å²) in [5, 5.41) is 12.2. The molecule has 4 rings (SSSR count). The van der Waals surface area contributed by atoms with Crippen molar-refractivity contribution in [3.63, 3.8) is 0 Å². The Bertz CT molecular complexity index is 1110. The third kappa shape index (κ3) is 4.67. The lowest BCUT2D eigenvalue weighted by Gasteiger charge is -2.31. The van der Waals surface area contributed by atoms with Gasteiger partial charge in [0.2, 0.25) is 5.91 Å². The van der Waals surface area contributed by atoms with E-state index in [4.69, 9.17) is 0 Å². The highest BCUT2D eigenvalue weighted by Crippen LogP contribution is 2.49. The Morgan fingerprint density at radius 1 is 1.21 bits per heavy atom. The Hall–Kier alpha value is -2.91. The molecule has 3 heterocycles. The largest absolute Gasteiger partial charge is 0.405 e. The van der Waals surface area contributed by atoms with E-state index in [1.54, 1.807) is 22.8 Å². The molecule has 0 radical (unpaired) electrons. The molecule has 2 aliphatic heterocycles. The van der Waals surface area contributed by atoms with Crippen molar-refractivity contribution in [2.75, 3.05) is 19.7 Å². The average molecular weight is 476 g/mol. The topological polar surface area (TPSA) is 74.6 Å². The number of hydrogen-bond donors (Lipinski definition) is 2. The summed E-state index contributed by atoms with van der Waals surface area (Å²) in [4.78, 5) is 27.9. The van der Waals surface area contributed by atoms with Crippen LogP contribution < -0.4 is 10.9 Å². The van der Waals surface area contributed by atoms with Crippen LogP contribution in [0.1, 0.15) is 29.8 Å². The molecule has 1 aromatic heterocycles. The smallest absolute Gasteiger partial charge is 0.396 e. The number of rotatable bonds is 7. The summed E-state index contributed by atoms with van der Waals surface area (Å²) in [5.74, 6) is -1.62. The van der Waals surface area contributed by atoms with Crippen LogP contribution in [-0.4, -0.2) is 52.4 Å². The van der Waals surface area contributed by atoms with E-state index in [0.29, 0.717) is 25.1 Å². The van der Waals surface area contributed by atoms with Crippen LogP contribution >= 0.6 is 0 Å². The van der Waals surface area contributed by atoms with Gasteiger partial charge >= 0.3 is 6.18 Å². The molecule has 2 N–H and O–H groups in total. The summed E-state index contributed by atoms with van der Waals surface area (Å²) in [6.07, 6.45) is -0.444. The van der Waals surface area contributed by atoms with Crippen LogP contribution in [0.3, 0.4) is 0 Å². The van der Waals surface area contributed by atoms with Crippen LogP contribution in [0.2, 0.25) is 0 Å². The molecule has 1 amide bonds. The van der Waals surface area contributed by atoms with Gasteiger partial charge in [-0.2, -0.15) is 13.2 Å². The lowest BCUT2D eigenvalue weighted by atomic mass is 9.88. The zero-order chi connectivity index (χ0) is 24.5. The number of halogens is 3. The van der Waals surface area contributed by atoms with Gasteiger partial charge in [-0.15, -0.1) is 0 Å². The van der Waals surface area contributed by atoms with E-state index >= 15 is 0 Å². The number of benzene rings is 1. The number of aliphatic hydroxyl groups excluding tert-OH is 1. The number of carbonyl (C=O) groups excluding carboxylic acids is 1. The summed E-state index contributed by atoms with van der Waals surface area (Å²) in [5.41, 5.74) is 2.14. The standard InChI is InChI=1S/C25H28F3N3O3/c1-2-6-17-9-10-20-21-18(13-31(20)24(17)34)19(14-32)22(23(33)29-15-25(26,27)28)30(21)12-11-16-7-4-3-5-8-16/h2-10,18-19,21-22,32H,11-15H2,1H3,(H,29,33)/b6-2+/t18-,19-,21+,22-/m1/s1. The minimum atomic E-state index is -4.53. The fraction of sp³-hybridized carbons (Fsp3) is 0.440. The third-order valence-electron chi connectivity index (χ3n) is 6.80. The van der Waals surface area contributed by atoms with Crippen molar-refractivity contribution in [3.05, 3.63) is 75.7 Å². The predicted molar refractivity (Wildman–Crippen MR) is 122 cm³/mol. The van der Waals surface area contributed by atoms with Crippen LogP contribution in [0.5, 0.6) is 0 Å². The summed E-state index contributed by atoms with van der Waals surface area (Å²) in [6, 6.07) is 11.9. The van der Waals surface area contributed by atoms with Crippen LogP contribution in [-0.2, 0) is 17.8 Å². The highest BCUT2D eigenvalue weighted by Gasteiger charge is 2.55. The molecule has 0 bridgehead atoms. The van der Waals surface area contributed by atoms with E-state index in [1.165, 1.54) is 0 Å². The third-order valence-corrected chi connectivity index (χ3v) is 6.80. The van der Waals surface area contributed by atoms with E-state index in [-0.39, 0.29) is 24.1 Å². The average Bonchev–Trinajstić information content (AvgIpc) is 3.33. The Balaban J connectivity index is 1.70. The predicted octanol–water partition coefficient (Wildman–Crippen LogP) is 2.77. The minimum Gasteiger partial charge on any atom is -0.396 e. The quantitative estimate of drug-likeness (QED) is 0.646. The maximum absolute atomic E-state index is 13.0. The Morgan fingerprint density at radius 3 is 2.59 bits per heavy atom. The van der Waals surface area contributed by atoms with E-state index in [9.17, 15) is 27.9 Å². The molecule has 0 unspecified atom stereocenters. The molecule has 0 spiro atoms. The number of pyridine rings is 1. The summed E-state index contributed by atoms with van der Waals surface area (Å²) in [6.45, 7) is 0.739. The van der Waals surface area contributed by atoms with E-state index in [1.807, 2.05) is 53.5 Å². The molecule has 2 aromatic rings. The summed E-state index contributed by atoms with van der Waals surface area (Å²) in [7, 11) is 0. The van der Waals surface area contributed by atoms with Crippen LogP contribution in [0.25, 0.3) is 6.08 Å². The number of nitrogens with zero attached hydrogens (tertiary/aromatic N) is 2. The first kappa shape index (κ1) is 24.2. The first-order valence-electron chi connectivity index (χ1n) is 11.4. The highest BCUT2D eigenvalue weighted by molar-refractivity contribution is 5.83. The lowest BCUT2D eigenvalue weighted by molar-refractivity contribution is -0.142. The molecule has 2 aliphatic rings. The van der Waals surface area contributed by atoms with Gasteiger partial charge in [0.1, 0.15) is 6.54 Å². The molecule has 0 saturated carbocycles. The number of aliphatic hydroxyl groups is 1. The van der Waals surface area contributed by atoms with Crippen molar-refractivity contribution in [2.45, 2.75) is 38.1 Å². The molecule has 34 heavy (non-hydrogen) atoms. The SMILES string of the molecule is C/C=C/c1ccc2n(c1=O)C[C@@H]1[C@@H](CO)[C@H](C(=O)NCC(F)(F)F)N(CCc3ccccc3)[C@H]21. The van der Waals surface area contributed by atoms with E-state index in [2.05, 4.69) is 0 Å². The van der Waals surface area contributed by atoms with Gasteiger partial charge in [0, 0.05) is 42.8 Å². The van der Waals surface area contributed by atoms with Crippen molar-refractivity contribution in [3.8, 4) is 0 Å². The van der Waals surface area contributed by atoms with E-state index < -0.39 is 30.6 Å². The molecular formula is C25H28F3N3O3.